The standard InChI is InChI=1S/C23H22N2O3/c24-23(27)17-9-7-16(8-10-17)18-11-12-21(20-6-2-1-5-19(18)20)28-15-22(26)25-13-3-4-14-25/h1-2,5-12H,3-4,13-15H2,(H2,24,27). The third kappa shape index (κ3) is 3.56. The van der Waals surface area contributed by atoms with Crippen LogP contribution in [-0.2, 0) is 4.79 Å². The number of ether oxygens (including phenoxy) is 1. The van der Waals surface area contributed by atoms with Crippen molar-refractivity contribution in [2.75, 3.05) is 19.7 Å². The Balaban J connectivity index is 1.63. The maximum absolute atomic E-state index is 12.3. The van der Waals surface area contributed by atoms with E-state index in [4.69, 9.17) is 10.5 Å². The molecule has 1 aliphatic heterocycles. The van der Waals surface area contributed by atoms with Gasteiger partial charge >= 0.3 is 0 Å². The average Bonchev–Trinajstić information content (AvgIpc) is 3.27. The Morgan fingerprint density at radius 3 is 2.25 bits per heavy atom. The first kappa shape index (κ1) is 18.0. The molecule has 28 heavy (non-hydrogen) atoms. The fraction of sp³-hybridized carbons (Fsp3) is 0.217. The number of carbonyl (C=O) groups excluding carboxylic acids is 2. The fourth-order valence-electron chi connectivity index (χ4n) is 3.66. The molecule has 0 radical (unpaired) electrons. The highest BCUT2D eigenvalue weighted by atomic mass is 16.5. The zero-order chi connectivity index (χ0) is 19.5. The molecule has 0 atom stereocenters. The number of rotatable bonds is 5. The molecular formula is C23H22N2O3. The van der Waals surface area contributed by atoms with Crippen molar-refractivity contribution in [1.82, 2.24) is 4.90 Å². The molecule has 4 rings (SSSR count). The molecule has 0 saturated carbocycles. The highest BCUT2D eigenvalue weighted by Crippen LogP contribution is 2.34. The SMILES string of the molecule is NC(=O)c1ccc(-c2ccc(OCC(=O)N3CCCC3)c3ccccc23)cc1. The zero-order valence-electron chi connectivity index (χ0n) is 15.6. The molecule has 5 nitrogen and oxygen atoms in total. The van der Waals surface area contributed by atoms with Gasteiger partial charge in [0.2, 0.25) is 5.91 Å². The molecule has 0 aliphatic carbocycles. The largest absolute Gasteiger partial charge is 0.483 e. The van der Waals surface area contributed by atoms with Gasteiger partial charge in [-0.3, -0.25) is 9.59 Å². The summed E-state index contributed by atoms with van der Waals surface area (Å²) in [5.41, 5.74) is 7.83. The molecule has 0 bridgehead atoms. The third-order valence-corrected chi connectivity index (χ3v) is 5.17. The lowest BCUT2D eigenvalue weighted by Gasteiger charge is -2.17. The number of hydrogen-bond acceptors (Lipinski definition) is 3. The maximum atomic E-state index is 12.3. The summed E-state index contributed by atoms with van der Waals surface area (Å²) in [6.07, 6.45) is 2.13. The fourth-order valence-corrected chi connectivity index (χ4v) is 3.66. The second-order valence-electron chi connectivity index (χ2n) is 6.98. The lowest BCUT2D eigenvalue weighted by atomic mass is 9.97. The number of hydrogen-bond donors (Lipinski definition) is 1. The highest BCUT2D eigenvalue weighted by Gasteiger charge is 2.18. The molecule has 0 aromatic heterocycles. The van der Waals surface area contributed by atoms with Gasteiger partial charge in [0.15, 0.2) is 6.61 Å². The highest BCUT2D eigenvalue weighted by molar-refractivity contribution is 6.01. The first-order valence-corrected chi connectivity index (χ1v) is 9.46. The van der Waals surface area contributed by atoms with Gasteiger partial charge in [0.25, 0.3) is 5.91 Å². The molecule has 2 N–H and O–H groups in total. The lowest BCUT2D eigenvalue weighted by Crippen LogP contribution is -2.32. The van der Waals surface area contributed by atoms with Crippen LogP contribution in [0.25, 0.3) is 21.9 Å². The molecule has 0 spiro atoms. The molecular weight excluding hydrogens is 352 g/mol. The van der Waals surface area contributed by atoms with E-state index in [2.05, 4.69) is 0 Å². The Morgan fingerprint density at radius 1 is 0.893 bits per heavy atom. The topological polar surface area (TPSA) is 72.6 Å². The van der Waals surface area contributed by atoms with E-state index in [9.17, 15) is 9.59 Å². The predicted molar refractivity (Wildman–Crippen MR) is 109 cm³/mol. The van der Waals surface area contributed by atoms with Gasteiger partial charge in [0.1, 0.15) is 5.75 Å². The summed E-state index contributed by atoms with van der Waals surface area (Å²) < 4.78 is 5.88. The number of primary amides is 1. The Bertz CT molecular complexity index is 1020. The van der Waals surface area contributed by atoms with Crippen LogP contribution in [0.4, 0.5) is 0 Å². The van der Waals surface area contributed by atoms with Gasteiger partial charge in [-0.15, -0.1) is 0 Å². The number of benzene rings is 3. The number of nitrogens with two attached hydrogens (primary N) is 1. The summed E-state index contributed by atoms with van der Waals surface area (Å²) in [6.45, 7) is 1.70. The van der Waals surface area contributed by atoms with Crippen molar-refractivity contribution in [1.29, 1.82) is 0 Å². The van der Waals surface area contributed by atoms with E-state index in [0.717, 1.165) is 47.8 Å². The summed E-state index contributed by atoms with van der Waals surface area (Å²) >= 11 is 0. The number of nitrogens with zero attached hydrogens (tertiary/aromatic N) is 1. The van der Waals surface area contributed by atoms with Gasteiger partial charge in [0.05, 0.1) is 0 Å². The van der Waals surface area contributed by atoms with Gasteiger partial charge < -0.3 is 15.4 Å². The van der Waals surface area contributed by atoms with Gasteiger partial charge in [-0.1, -0.05) is 42.5 Å². The van der Waals surface area contributed by atoms with Crippen molar-refractivity contribution in [3.63, 3.8) is 0 Å². The van der Waals surface area contributed by atoms with Crippen molar-refractivity contribution in [2.45, 2.75) is 12.8 Å². The molecule has 1 heterocycles. The normalized spacial score (nSPS) is 13.6. The van der Waals surface area contributed by atoms with Crippen LogP contribution in [0.2, 0.25) is 0 Å². The van der Waals surface area contributed by atoms with Crippen molar-refractivity contribution < 1.29 is 14.3 Å². The van der Waals surface area contributed by atoms with Gasteiger partial charge in [-0.25, -0.2) is 0 Å². The van der Waals surface area contributed by atoms with Crippen LogP contribution >= 0.6 is 0 Å². The van der Waals surface area contributed by atoms with E-state index < -0.39 is 5.91 Å². The molecule has 0 unspecified atom stereocenters. The number of fused-ring (bicyclic) bond motifs is 1. The summed E-state index contributed by atoms with van der Waals surface area (Å²) in [4.78, 5) is 25.5. The number of carbonyl (C=O) groups is 2. The van der Waals surface area contributed by atoms with E-state index >= 15 is 0 Å². The van der Waals surface area contributed by atoms with Gasteiger partial charge in [-0.2, -0.15) is 0 Å². The maximum Gasteiger partial charge on any atom is 0.260 e. The summed E-state index contributed by atoms with van der Waals surface area (Å²) in [7, 11) is 0. The third-order valence-electron chi connectivity index (χ3n) is 5.17. The second kappa shape index (κ2) is 7.72. The van der Waals surface area contributed by atoms with E-state index in [1.807, 2.05) is 53.4 Å². The molecule has 3 aromatic rings. The minimum atomic E-state index is -0.442. The molecule has 1 saturated heterocycles. The van der Waals surface area contributed by atoms with E-state index in [0.29, 0.717) is 11.3 Å². The summed E-state index contributed by atoms with van der Waals surface area (Å²) in [5.74, 6) is 0.288. The predicted octanol–water partition coefficient (Wildman–Crippen LogP) is 3.61. The molecule has 5 heteroatoms. The van der Waals surface area contributed by atoms with E-state index in [1.54, 1.807) is 12.1 Å². The van der Waals surface area contributed by atoms with Crippen LogP contribution in [0.5, 0.6) is 5.75 Å². The van der Waals surface area contributed by atoms with Crippen molar-refractivity contribution in [3.05, 3.63) is 66.2 Å². The van der Waals surface area contributed by atoms with Crippen LogP contribution in [0.1, 0.15) is 23.2 Å². The second-order valence-corrected chi connectivity index (χ2v) is 6.98. The molecule has 3 aromatic carbocycles. The van der Waals surface area contributed by atoms with Crippen molar-refractivity contribution >= 4 is 22.6 Å². The Labute approximate surface area is 163 Å². The van der Waals surface area contributed by atoms with Crippen LogP contribution in [-0.4, -0.2) is 36.4 Å². The Kier molecular flexibility index (Phi) is 4.98. The summed E-state index contributed by atoms with van der Waals surface area (Å²) in [6, 6.07) is 19.1. The van der Waals surface area contributed by atoms with Crippen LogP contribution < -0.4 is 10.5 Å². The monoisotopic (exact) mass is 374 g/mol. The van der Waals surface area contributed by atoms with E-state index in [-0.39, 0.29) is 12.5 Å². The molecule has 2 amide bonds. The molecule has 1 aliphatic rings. The molecule has 142 valence electrons. The number of likely N-dealkylation sites (tertiary alicyclic amines) is 1. The smallest absolute Gasteiger partial charge is 0.260 e. The molecule has 1 fully saturated rings. The van der Waals surface area contributed by atoms with Crippen LogP contribution in [0, 0.1) is 0 Å². The first-order chi connectivity index (χ1) is 13.6. The van der Waals surface area contributed by atoms with Crippen molar-refractivity contribution in [3.8, 4) is 16.9 Å². The van der Waals surface area contributed by atoms with Gasteiger partial charge in [0, 0.05) is 24.0 Å². The minimum absolute atomic E-state index is 0.0349. The average molecular weight is 374 g/mol. The number of amides is 2. The minimum Gasteiger partial charge on any atom is -0.483 e. The lowest BCUT2D eigenvalue weighted by molar-refractivity contribution is -0.132. The Morgan fingerprint density at radius 2 is 1.57 bits per heavy atom. The zero-order valence-corrected chi connectivity index (χ0v) is 15.6. The quantitative estimate of drug-likeness (QED) is 0.741. The van der Waals surface area contributed by atoms with E-state index in [1.165, 1.54) is 0 Å². The van der Waals surface area contributed by atoms with Gasteiger partial charge in [-0.05, 0) is 47.6 Å². The van der Waals surface area contributed by atoms with Crippen LogP contribution in [0.15, 0.2) is 60.7 Å². The first-order valence-electron chi connectivity index (χ1n) is 9.46. The van der Waals surface area contributed by atoms with Crippen molar-refractivity contribution in [2.24, 2.45) is 5.73 Å². The summed E-state index contributed by atoms with van der Waals surface area (Å²) in [5, 5.41) is 1.98. The Hall–Kier alpha value is -3.34. The van der Waals surface area contributed by atoms with Crippen LogP contribution in [0.3, 0.4) is 0 Å².